The zero-order chi connectivity index (χ0) is 45.7. The highest BCUT2D eigenvalue weighted by Crippen LogP contribution is 2.44. The molecular formula is C46H69N5O11. The van der Waals surface area contributed by atoms with Gasteiger partial charge >= 0.3 is 12.1 Å². The Labute approximate surface area is 366 Å². The van der Waals surface area contributed by atoms with Crippen molar-refractivity contribution in [2.75, 3.05) is 34.4 Å². The third kappa shape index (κ3) is 10.1. The van der Waals surface area contributed by atoms with Crippen LogP contribution in [0, 0.1) is 23.7 Å². The highest BCUT2D eigenvalue weighted by atomic mass is 16.7. The van der Waals surface area contributed by atoms with E-state index in [4.69, 9.17) is 28.4 Å². The molecule has 2 aromatic rings. The van der Waals surface area contributed by atoms with E-state index in [1.807, 2.05) is 49.7 Å². The van der Waals surface area contributed by atoms with Gasteiger partial charge < -0.3 is 43.0 Å². The third-order valence-electron chi connectivity index (χ3n) is 13.2. The lowest BCUT2D eigenvalue weighted by Gasteiger charge is -2.47. The van der Waals surface area contributed by atoms with Crippen LogP contribution in [0.25, 0.3) is 11.3 Å². The Morgan fingerprint density at radius 1 is 1.02 bits per heavy atom. The molecule has 1 N–H and O–H groups in total. The van der Waals surface area contributed by atoms with Crippen LogP contribution in [0.2, 0.25) is 0 Å². The Balaban J connectivity index is 1.43. The largest absolute Gasteiger partial charge is 0.478 e. The first-order valence-electron chi connectivity index (χ1n) is 22.1. The molecule has 1 unspecified atom stereocenters. The number of likely N-dealkylation sites (N-methyl/N-ethyl adjacent to an activating group) is 1. The minimum atomic E-state index is -1.61. The molecule has 344 valence electrons. The van der Waals surface area contributed by atoms with E-state index in [2.05, 4.69) is 16.5 Å². The number of esters is 1. The maximum Gasteiger partial charge on any atom is 0.411 e. The van der Waals surface area contributed by atoms with Crippen molar-refractivity contribution in [1.29, 1.82) is 0 Å². The molecule has 5 rings (SSSR count). The second-order valence-electron chi connectivity index (χ2n) is 17.8. The number of ether oxygens (including phenoxy) is 6. The zero-order valence-corrected chi connectivity index (χ0v) is 38.4. The van der Waals surface area contributed by atoms with E-state index in [0.717, 1.165) is 11.3 Å². The van der Waals surface area contributed by atoms with E-state index < -0.39 is 83.4 Å². The maximum atomic E-state index is 14.8. The normalized spacial score (nSPS) is 35.0. The number of rotatable bonds is 14. The highest BCUT2D eigenvalue weighted by molar-refractivity contribution is 6.00. The molecule has 0 bridgehead atoms. The monoisotopic (exact) mass is 867 g/mol. The Morgan fingerprint density at radius 3 is 2.34 bits per heavy atom. The van der Waals surface area contributed by atoms with E-state index >= 15 is 0 Å². The molecule has 62 heavy (non-hydrogen) atoms. The van der Waals surface area contributed by atoms with Crippen molar-refractivity contribution < 1.29 is 52.7 Å². The van der Waals surface area contributed by atoms with Gasteiger partial charge in [-0.2, -0.15) is 0 Å². The van der Waals surface area contributed by atoms with Crippen LogP contribution in [-0.2, 0) is 44.6 Å². The fourth-order valence-electron chi connectivity index (χ4n) is 9.66. The van der Waals surface area contributed by atoms with Crippen LogP contribution in [0.1, 0.15) is 87.5 Å². The van der Waals surface area contributed by atoms with Gasteiger partial charge in [0.25, 0.3) is 0 Å². The molecule has 0 aliphatic carbocycles. The predicted molar refractivity (Wildman–Crippen MR) is 230 cm³/mol. The molecule has 13 atom stereocenters. The molecule has 0 saturated carbocycles. The Hall–Kier alpha value is -4.22. The van der Waals surface area contributed by atoms with Crippen molar-refractivity contribution in [3.05, 3.63) is 43.5 Å². The number of amides is 1. The number of carbonyl (C=O) groups is 4. The van der Waals surface area contributed by atoms with Crippen LogP contribution in [0.5, 0.6) is 5.88 Å². The van der Waals surface area contributed by atoms with Gasteiger partial charge in [0.15, 0.2) is 17.7 Å². The summed E-state index contributed by atoms with van der Waals surface area (Å²) in [5.41, 5.74) is -1.28. The number of cyclic esters (lactones) is 1. The number of aliphatic hydroxyl groups is 1. The van der Waals surface area contributed by atoms with Gasteiger partial charge in [-0.25, -0.2) is 14.8 Å². The lowest BCUT2D eigenvalue weighted by Crippen LogP contribution is -2.60. The standard InChI is InChI=1S/C46H69N5O11/c1-13-35-46(14-2)40(51(44(56)62-46)21-17-16-20-50-25-33(48-26-50)32-18-19-36(47-24-32)58-15-3)29(6)37(52)27(4)23-45(9,57-12)41(30(7)38(53)31(8)42(55)60-35)61-43-39(54)34(49(10)11)22-28(5)59-43/h14,18-19,24-31,34-35,39-41,43,54H,2,13,15-17,20-23H2,1,3-12H3/t27-,28-,29+,30+,31-,34+,35-,39-,40-,41-,43?,45+,46-/m1/s1. The number of hydrogen-bond acceptors (Lipinski definition) is 14. The molecule has 2 aromatic heterocycles. The first-order chi connectivity index (χ1) is 29.4. The average Bonchev–Trinajstić information content (AvgIpc) is 3.84. The van der Waals surface area contributed by atoms with Crippen LogP contribution in [0.15, 0.2) is 43.5 Å². The Morgan fingerprint density at radius 2 is 1.73 bits per heavy atom. The minimum Gasteiger partial charge on any atom is -0.478 e. The quantitative estimate of drug-likeness (QED) is 0.109. The number of imidazole rings is 1. The lowest BCUT2D eigenvalue weighted by atomic mass is 9.72. The minimum absolute atomic E-state index is 0.0999. The molecule has 1 amide bonds. The highest BCUT2D eigenvalue weighted by Gasteiger charge is 2.61. The number of Topliss-reactive ketones (excluding diaryl/α,β-unsaturated/α-hetero) is 2. The van der Waals surface area contributed by atoms with Gasteiger partial charge in [-0.3, -0.25) is 19.3 Å². The van der Waals surface area contributed by atoms with Crippen LogP contribution in [-0.4, -0.2) is 141 Å². The summed E-state index contributed by atoms with van der Waals surface area (Å²) in [5, 5.41) is 11.5. The number of ketones is 2. The molecule has 3 aliphatic rings. The third-order valence-corrected chi connectivity index (χ3v) is 13.2. The lowest BCUT2D eigenvalue weighted by molar-refractivity contribution is -0.295. The SMILES string of the molecule is C=C[C@]12OC(=O)N(CCCCn3cnc(-c4ccc(OCC)nc4)c3)[C@@H]1[C@@H](C)C(=O)[C@H](C)C[C@](C)(OC)[C@H](OC1O[C@H](C)C[C@H](N(C)C)[C@H]1O)[C@@H](C)C(=O)[C@@H](C)C(=O)O[C@@H]2CC. The molecule has 3 saturated heterocycles. The van der Waals surface area contributed by atoms with Crippen molar-refractivity contribution in [3.8, 4) is 17.1 Å². The molecule has 5 heterocycles. The number of aromatic nitrogens is 3. The van der Waals surface area contributed by atoms with Gasteiger partial charge in [-0.05, 0) is 86.0 Å². The summed E-state index contributed by atoms with van der Waals surface area (Å²) < 4.78 is 38.8. The predicted octanol–water partition coefficient (Wildman–Crippen LogP) is 5.49. The molecular weight excluding hydrogens is 799 g/mol. The number of unbranched alkanes of at least 4 members (excludes halogenated alkanes) is 1. The fourth-order valence-corrected chi connectivity index (χ4v) is 9.66. The van der Waals surface area contributed by atoms with Crippen molar-refractivity contribution in [1.82, 2.24) is 24.3 Å². The topological polar surface area (TPSA) is 181 Å². The van der Waals surface area contributed by atoms with E-state index in [-0.39, 0.29) is 37.3 Å². The van der Waals surface area contributed by atoms with Crippen molar-refractivity contribution in [2.24, 2.45) is 23.7 Å². The van der Waals surface area contributed by atoms with Gasteiger partial charge in [0.05, 0.1) is 42.5 Å². The number of methoxy groups -OCH3 is 1. The second-order valence-corrected chi connectivity index (χ2v) is 17.8. The van der Waals surface area contributed by atoms with E-state index in [1.54, 1.807) is 58.1 Å². The van der Waals surface area contributed by atoms with Crippen molar-refractivity contribution >= 4 is 23.6 Å². The Kier molecular flexibility index (Phi) is 16.2. The van der Waals surface area contributed by atoms with Crippen LogP contribution in [0.4, 0.5) is 4.79 Å². The zero-order valence-electron chi connectivity index (χ0n) is 38.4. The summed E-state index contributed by atoms with van der Waals surface area (Å²) in [5.74, 6) is -4.70. The number of pyridine rings is 1. The fraction of sp³-hybridized carbons (Fsp3) is 0.696. The van der Waals surface area contributed by atoms with E-state index in [9.17, 15) is 24.3 Å². The molecule has 0 radical (unpaired) electrons. The van der Waals surface area contributed by atoms with Crippen LogP contribution in [0.3, 0.4) is 0 Å². The summed E-state index contributed by atoms with van der Waals surface area (Å²) in [6.45, 7) is 19.5. The summed E-state index contributed by atoms with van der Waals surface area (Å²) in [7, 11) is 5.22. The van der Waals surface area contributed by atoms with Gasteiger partial charge in [0.2, 0.25) is 5.88 Å². The smallest absolute Gasteiger partial charge is 0.411 e. The Bertz CT molecular complexity index is 1870. The molecule has 0 aromatic carbocycles. The maximum absolute atomic E-state index is 14.8. The van der Waals surface area contributed by atoms with Crippen LogP contribution >= 0.6 is 0 Å². The van der Waals surface area contributed by atoms with Crippen molar-refractivity contribution in [3.63, 3.8) is 0 Å². The molecule has 16 heteroatoms. The van der Waals surface area contributed by atoms with Crippen molar-refractivity contribution in [2.45, 2.75) is 148 Å². The number of nitrogens with zero attached hydrogens (tertiary/aromatic N) is 5. The van der Waals surface area contributed by atoms with E-state index in [0.29, 0.717) is 38.3 Å². The number of aryl methyl sites for hydroxylation is 1. The number of fused-ring (bicyclic) bond motifs is 1. The number of aliphatic hydroxyl groups excluding tert-OH is 1. The van der Waals surface area contributed by atoms with Gasteiger partial charge in [-0.15, -0.1) is 0 Å². The molecule has 3 aliphatic heterocycles. The summed E-state index contributed by atoms with van der Waals surface area (Å²) in [6, 6.07) is 2.52. The summed E-state index contributed by atoms with van der Waals surface area (Å²) in [4.78, 5) is 69.7. The van der Waals surface area contributed by atoms with Gasteiger partial charge in [0.1, 0.15) is 23.9 Å². The summed E-state index contributed by atoms with van der Waals surface area (Å²) >= 11 is 0. The van der Waals surface area contributed by atoms with Gasteiger partial charge in [-0.1, -0.05) is 34.3 Å². The second kappa shape index (κ2) is 20.5. The summed E-state index contributed by atoms with van der Waals surface area (Å²) in [6.07, 6.45) is 3.69. The van der Waals surface area contributed by atoms with Gasteiger partial charge in [0, 0.05) is 68.0 Å². The first-order valence-corrected chi connectivity index (χ1v) is 22.1. The number of hydrogen-bond donors (Lipinski definition) is 1. The van der Waals surface area contributed by atoms with Crippen LogP contribution < -0.4 is 4.74 Å². The average molecular weight is 868 g/mol. The molecule has 0 spiro atoms. The first kappa shape index (κ1) is 48.8. The van der Waals surface area contributed by atoms with E-state index in [1.165, 1.54) is 20.1 Å². The molecule has 3 fully saturated rings. The molecule has 16 nitrogen and oxygen atoms in total. The number of carbonyl (C=O) groups excluding carboxylic acids is 4.